The Bertz CT molecular complexity index is 924. The summed E-state index contributed by atoms with van der Waals surface area (Å²) in [5.41, 5.74) is 3.47. The van der Waals surface area contributed by atoms with E-state index in [0.29, 0.717) is 18.3 Å². The monoisotopic (exact) mass is 365 g/mol. The lowest BCUT2D eigenvalue weighted by atomic mass is 10.0. The van der Waals surface area contributed by atoms with E-state index in [1.165, 1.54) is 0 Å². The van der Waals surface area contributed by atoms with Crippen molar-refractivity contribution in [2.75, 3.05) is 13.1 Å². The Morgan fingerprint density at radius 2 is 2.07 bits per heavy atom. The van der Waals surface area contributed by atoms with Crippen LogP contribution in [0.1, 0.15) is 34.9 Å². The van der Waals surface area contributed by atoms with Crippen molar-refractivity contribution in [3.05, 3.63) is 54.1 Å². The molecule has 3 heterocycles. The normalized spacial score (nSPS) is 15.0. The highest BCUT2D eigenvalue weighted by Crippen LogP contribution is 2.23. The smallest absolute Gasteiger partial charge is 0.273 e. The summed E-state index contributed by atoms with van der Waals surface area (Å²) in [6.45, 7) is 2.36. The third kappa shape index (κ3) is 3.90. The van der Waals surface area contributed by atoms with E-state index in [-0.39, 0.29) is 5.91 Å². The number of hydrogen-bond acceptors (Lipinski definition) is 5. The van der Waals surface area contributed by atoms with Crippen molar-refractivity contribution in [1.82, 2.24) is 35.4 Å². The van der Waals surface area contributed by atoms with Gasteiger partial charge in [0.2, 0.25) is 0 Å². The number of hydrogen-bond donors (Lipinski definition) is 2. The molecule has 8 heteroatoms. The summed E-state index contributed by atoms with van der Waals surface area (Å²) in [7, 11) is 1.89. The molecule has 1 aromatic carbocycles. The van der Waals surface area contributed by atoms with Gasteiger partial charge in [-0.15, -0.1) is 5.10 Å². The Balaban J connectivity index is 1.43. The van der Waals surface area contributed by atoms with Gasteiger partial charge in [0.15, 0.2) is 5.69 Å². The van der Waals surface area contributed by atoms with Crippen LogP contribution in [0.4, 0.5) is 0 Å². The first-order valence-corrected chi connectivity index (χ1v) is 9.18. The molecule has 2 N–H and O–H groups in total. The fourth-order valence-electron chi connectivity index (χ4n) is 3.41. The summed E-state index contributed by atoms with van der Waals surface area (Å²) in [5, 5.41) is 18.7. The van der Waals surface area contributed by atoms with E-state index in [9.17, 15) is 4.79 Å². The van der Waals surface area contributed by atoms with Crippen LogP contribution in [0.3, 0.4) is 0 Å². The largest absolute Gasteiger partial charge is 0.346 e. The predicted molar refractivity (Wildman–Crippen MR) is 101 cm³/mol. The van der Waals surface area contributed by atoms with Crippen LogP contribution in [0.25, 0.3) is 11.1 Å². The number of rotatable bonds is 5. The van der Waals surface area contributed by atoms with Gasteiger partial charge in [-0.2, -0.15) is 5.10 Å². The van der Waals surface area contributed by atoms with Crippen molar-refractivity contribution < 1.29 is 4.79 Å². The lowest BCUT2D eigenvalue weighted by Crippen LogP contribution is -2.29. The first-order valence-electron chi connectivity index (χ1n) is 9.18. The van der Waals surface area contributed by atoms with E-state index in [2.05, 4.69) is 26.0 Å². The molecular formula is C19H23N7O. The van der Waals surface area contributed by atoms with Crippen LogP contribution in [0.5, 0.6) is 0 Å². The minimum absolute atomic E-state index is 0.212. The van der Waals surface area contributed by atoms with Crippen molar-refractivity contribution in [2.45, 2.75) is 25.4 Å². The van der Waals surface area contributed by atoms with Gasteiger partial charge in [-0.1, -0.05) is 29.5 Å². The van der Waals surface area contributed by atoms with E-state index >= 15 is 0 Å². The Hall–Kier alpha value is -3.00. The number of aromatic nitrogens is 5. The molecule has 1 aliphatic rings. The highest BCUT2D eigenvalue weighted by atomic mass is 16.2. The summed E-state index contributed by atoms with van der Waals surface area (Å²) in [6.07, 6.45) is 7.54. The van der Waals surface area contributed by atoms with Crippen molar-refractivity contribution in [3.63, 3.8) is 0 Å². The molecule has 0 saturated carbocycles. The molecule has 3 aromatic rings. The second-order valence-electron chi connectivity index (χ2n) is 6.81. The van der Waals surface area contributed by atoms with Gasteiger partial charge in [0.05, 0.1) is 18.4 Å². The van der Waals surface area contributed by atoms with E-state index in [0.717, 1.165) is 42.6 Å². The maximum atomic E-state index is 12.5. The van der Waals surface area contributed by atoms with Gasteiger partial charge in [0.25, 0.3) is 5.91 Å². The summed E-state index contributed by atoms with van der Waals surface area (Å²) in [4.78, 5) is 12.5. The molecular weight excluding hydrogens is 342 g/mol. The highest BCUT2D eigenvalue weighted by molar-refractivity contribution is 5.91. The Morgan fingerprint density at radius 3 is 2.85 bits per heavy atom. The summed E-state index contributed by atoms with van der Waals surface area (Å²) >= 11 is 0. The Kier molecular flexibility index (Phi) is 4.97. The van der Waals surface area contributed by atoms with Crippen LogP contribution < -0.4 is 10.6 Å². The van der Waals surface area contributed by atoms with E-state index in [1.807, 2.05) is 48.4 Å². The van der Waals surface area contributed by atoms with E-state index in [1.54, 1.807) is 10.9 Å². The fourth-order valence-corrected chi connectivity index (χ4v) is 3.41. The molecule has 0 unspecified atom stereocenters. The molecule has 0 spiro atoms. The number of piperidine rings is 1. The van der Waals surface area contributed by atoms with Crippen LogP contribution in [-0.4, -0.2) is 43.8 Å². The summed E-state index contributed by atoms with van der Waals surface area (Å²) in [6, 6.07) is 8.31. The number of carbonyl (C=O) groups excluding carboxylic acids is 1. The molecule has 4 rings (SSSR count). The zero-order valence-corrected chi connectivity index (χ0v) is 15.3. The number of nitrogens with zero attached hydrogens (tertiary/aromatic N) is 5. The van der Waals surface area contributed by atoms with Crippen LogP contribution in [0.2, 0.25) is 0 Å². The van der Waals surface area contributed by atoms with Gasteiger partial charge in [-0.05, 0) is 37.1 Å². The predicted octanol–water partition coefficient (Wildman–Crippen LogP) is 1.53. The first kappa shape index (κ1) is 17.4. The Morgan fingerprint density at radius 1 is 1.26 bits per heavy atom. The average Bonchev–Trinajstić information content (AvgIpc) is 3.36. The highest BCUT2D eigenvalue weighted by Gasteiger charge is 2.19. The topological polar surface area (TPSA) is 89.7 Å². The number of nitrogens with one attached hydrogen (secondary N) is 2. The van der Waals surface area contributed by atoms with Crippen molar-refractivity contribution in [3.8, 4) is 11.1 Å². The fraction of sp³-hybridized carbons (Fsp3) is 0.368. The van der Waals surface area contributed by atoms with Crippen molar-refractivity contribution in [1.29, 1.82) is 0 Å². The number of aryl methyl sites for hydroxylation is 1. The molecule has 0 aliphatic carbocycles. The van der Waals surface area contributed by atoms with Gasteiger partial charge >= 0.3 is 0 Å². The first-order chi connectivity index (χ1) is 13.2. The lowest BCUT2D eigenvalue weighted by molar-refractivity contribution is 0.0946. The molecule has 1 saturated heterocycles. The second kappa shape index (κ2) is 7.71. The van der Waals surface area contributed by atoms with Gasteiger partial charge < -0.3 is 10.6 Å². The molecule has 0 radical (unpaired) electrons. The zero-order valence-electron chi connectivity index (χ0n) is 15.3. The Labute approximate surface area is 157 Å². The summed E-state index contributed by atoms with van der Waals surface area (Å²) in [5.74, 6) is -0.212. The number of benzene rings is 1. The lowest BCUT2D eigenvalue weighted by Gasteiger charge is -2.22. The third-order valence-corrected chi connectivity index (χ3v) is 4.90. The van der Waals surface area contributed by atoms with Gasteiger partial charge in [0.1, 0.15) is 0 Å². The average molecular weight is 365 g/mol. The standard InChI is InChI=1S/C19H23N7O/c1-25-12-15(11-22-25)17-5-3-2-4-14(17)10-21-19(27)18-13-26(24-23-18)16-6-8-20-9-7-16/h2-5,11-13,16,20H,6-10H2,1H3,(H,21,27). The van der Waals surface area contributed by atoms with E-state index < -0.39 is 0 Å². The summed E-state index contributed by atoms with van der Waals surface area (Å²) < 4.78 is 3.59. The van der Waals surface area contributed by atoms with E-state index in [4.69, 9.17) is 0 Å². The van der Waals surface area contributed by atoms with Crippen molar-refractivity contribution >= 4 is 5.91 Å². The third-order valence-electron chi connectivity index (χ3n) is 4.90. The maximum absolute atomic E-state index is 12.5. The van der Waals surface area contributed by atoms with Crippen molar-refractivity contribution in [2.24, 2.45) is 7.05 Å². The van der Waals surface area contributed by atoms with Gasteiger partial charge in [-0.3, -0.25) is 9.48 Å². The van der Waals surface area contributed by atoms with Gasteiger partial charge in [-0.25, -0.2) is 4.68 Å². The van der Waals surface area contributed by atoms with Crippen LogP contribution in [-0.2, 0) is 13.6 Å². The molecule has 27 heavy (non-hydrogen) atoms. The molecule has 2 aromatic heterocycles. The molecule has 1 aliphatic heterocycles. The quantitative estimate of drug-likeness (QED) is 0.716. The van der Waals surface area contributed by atoms with Crippen LogP contribution in [0.15, 0.2) is 42.9 Å². The molecule has 0 atom stereocenters. The zero-order chi connectivity index (χ0) is 18.6. The molecule has 8 nitrogen and oxygen atoms in total. The molecule has 0 bridgehead atoms. The number of carbonyl (C=O) groups is 1. The number of amides is 1. The van der Waals surface area contributed by atoms with Gasteiger partial charge in [0, 0.05) is 25.4 Å². The van der Waals surface area contributed by atoms with Crippen LogP contribution in [0, 0.1) is 0 Å². The minimum atomic E-state index is -0.212. The molecule has 1 fully saturated rings. The molecule has 1 amide bonds. The van der Waals surface area contributed by atoms with Crippen LogP contribution >= 0.6 is 0 Å². The maximum Gasteiger partial charge on any atom is 0.273 e. The second-order valence-corrected chi connectivity index (χ2v) is 6.81. The minimum Gasteiger partial charge on any atom is -0.346 e. The molecule has 140 valence electrons. The SMILES string of the molecule is Cn1cc(-c2ccccc2CNC(=O)c2cn(C3CCNCC3)nn2)cn1.